The molecule has 0 aliphatic carbocycles. The number of ether oxygens (including phenoxy) is 1. The third-order valence-electron chi connectivity index (χ3n) is 3.48. The zero-order chi connectivity index (χ0) is 17.4. The minimum atomic E-state index is -4.73. The fourth-order valence-electron chi connectivity index (χ4n) is 2.31. The number of hydrogen-bond acceptors (Lipinski definition) is 4. The molecule has 1 aliphatic rings. The molecule has 1 heterocycles. The molecule has 2 rings (SSSR count). The maximum Gasteiger partial charge on any atom is 0.417 e. The number of halogens is 3. The van der Waals surface area contributed by atoms with Crippen LogP contribution in [0.1, 0.15) is 18.1 Å². The zero-order valence-corrected chi connectivity index (χ0v) is 12.2. The lowest BCUT2D eigenvalue weighted by Gasteiger charge is -2.21. The van der Waals surface area contributed by atoms with Crippen molar-refractivity contribution in [3.05, 3.63) is 29.3 Å². The first-order chi connectivity index (χ1) is 10.6. The summed E-state index contributed by atoms with van der Waals surface area (Å²) in [4.78, 5) is 24.7. The summed E-state index contributed by atoms with van der Waals surface area (Å²) in [6, 6.07) is 3.65. The molecular weight excluding hydrogens is 315 g/mol. The van der Waals surface area contributed by atoms with E-state index in [9.17, 15) is 22.8 Å². The highest BCUT2D eigenvalue weighted by Gasteiger charge is 2.46. The molecule has 0 saturated carbocycles. The number of benzene rings is 1. The van der Waals surface area contributed by atoms with Gasteiger partial charge >= 0.3 is 18.2 Å². The first-order valence-electron chi connectivity index (χ1n) is 6.42. The van der Waals surface area contributed by atoms with Gasteiger partial charge in [-0.3, -0.25) is 4.90 Å². The molecule has 0 radical (unpaired) electrons. The molecule has 0 bridgehead atoms. The molecule has 1 aromatic carbocycles. The number of alkyl halides is 3. The third-order valence-corrected chi connectivity index (χ3v) is 3.48. The van der Waals surface area contributed by atoms with Gasteiger partial charge in [0.15, 0.2) is 5.54 Å². The van der Waals surface area contributed by atoms with E-state index in [-0.39, 0.29) is 12.2 Å². The number of methoxy groups -OCH3 is 1. The van der Waals surface area contributed by atoms with Crippen LogP contribution < -0.4 is 10.2 Å². The molecule has 122 valence electrons. The van der Waals surface area contributed by atoms with E-state index in [1.807, 2.05) is 0 Å². The molecule has 1 N–H and O–H groups in total. The van der Waals surface area contributed by atoms with Crippen molar-refractivity contribution in [3.8, 4) is 6.07 Å². The van der Waals surface area contributed by atoms with Gasteiger partial charge in [-0.15, -0.1) is 0 Å². The van der Waals surface area contributed by atoms with Gasteiger partial charge < -0.3 is 10.1 Å². The van der Waals surface area contributed by atoms with Crippen LogP contribution in [0.15, 0.2) is 18.2 Å². The van der Waals surface area contributed by atoms with Gasteiger partial charge in [-0.25, -0.2) is 9.59 Å². The van der Waals surface area contributed by atoms with Gasteiger partial charge in [-0.2, -0.15) is 18.4 Å². The van der Waals surface area contributed by atoms with Crippen LogP contribution in [-0.4, -0.2) is 31.2 Å². The van der Waals surface area contributed by atoms with Crippen LogP contribution in [-0.2, 0) is 15.7 Å². The Balaban J connectivity index is 2.42. The van der Waals surface area contributed by atoms with Crippen molar-refractivity contribution in [1.82, 2.24) is 5.32 Å². The minimum Gasteiger partial charge on any atom is -0.467 e. The highest BCUT2D eigenvalue weighted by molar-refractivity contribution is 6.01. The van der Waals surface area contributed by atoms with Crippen LogP contribution in [0, 0.1) is 11.3 Å². The summed E-state index contributed by atoms with van der Waals surface area (Å²) in [6.45, 7) is 1.22. The molecule has 1 aromatic rings. The molecule has 0 aromatic heterocycles. The summed E-state index contributed by atoms with van der Waals surface area (Å²) in [5.41, 5.74) is -3.12. The van der Waals surface area contributed by atoms with Gasteiger partial charge in [0, 0.05) is 5.69 Å². The molecule has 0 spiro atoms. The van der Waals surface area contributed by atoms with Gasteiger partial charge in [-0.1, -0.05) is 0 Å². The second-order valence-electron chi connectivity index (χ2n) is 5.18. The number of carbonyl (C=O) groups excluding carboxylic acids is 2. The third kappa shape index (κ3) is 2.92. The first-order valence-corrected chi connectivity index (χ1v) is 6.42. The average molecular weight is 327 g/mol. The fourth-order valence-corrected chi connectivity index (χ4v) is 2.31. The van der Waals surface area contributed by atoms with Gasteiger partial charge in [0.25, 0.3) is 0 Å². The van der Waals surface area contributed by atoms with Crippen LogP contribution in [0.5, 0.6) is 0 Å². The first kappa shape index (κ1) is 16.6. The lowest BCUT2D eigenvalue weighted by atomic mass is 10.0. The number of anilines is 1. The van der Waals surface area contributed by atoms with Crippen molar-refractivity contribution in [3.63, 3.8) is 0 Å². The van der Waals surface area contributed by atoms with Crippen LogP contribution in [0.2, 0.25) is 0 Å². The second-order valence-corrected chi connectivity index (χ2v) is 5.18. The molecule has 1 unspecified atom stereocenters. The maximum atomic E-state index is 13.0. The molecule has 9 heteroatoms. The minimum absolute atomic E-state index is 0.0681. The van der Waals surface area contributed by atoms with Crippen molar-refractivity contribution in [2.45, 2.75) is 18.6 Å². The van der Waals surface area contributed by atoms with Crippen molar-refractivity contribution in [2.75, 3.05) is 18.6 Å². The molecule has 1 atom stereocenters. The van der Waals surface area contributed by atoms with Crippen molar-refractivity contribution < 1.29 is 27.5 Å². The van der Waals surface area contributed by atoms with Gasteiger partial charge in [0.05, 0.1) is 30.9 Å². The molecule has 1 saturated heterocycles. The zero-order valence-electron chi connectivity index (χ0n) is 12.2. The van der Waals surface area contributed by atoms with Crippen LogP contribution in [0.3, 0.4) is 0 Å². The van der Waals surface area contributed by atoms with Crippen molar-refractivity contribution in [1.29, 1.82) is 5.26 Å². The second kappa shape index (κ2) is 5.46. The number of nitrogens with zero attached hydrogens (tertiary/aromatic N) is 2. The molecule has 1 fully saturated rings. The SMILES string of the molecule is COC(=O)C1(C)CN(c2ccc(C#N)c(C(F)(F)F)c2)C(=O)N1. The van der Waals surface area contributed by atoms with Crippen LogP contribution >= 0.6 is 0 Å². The van der Waals surface area contributed by atoms with E-state index < -0.39 is 34.8 Å². The van der Waals surface area contributed by atoms with Gasteiger partial charge in [0.1, 0.15) is 0 Å². The summed E-state index contributed by atoms with van der Waals surface area (Å²) < 4.78 is 43.6. The monoisotopic (exact) mass is 327 g/mol. The number of rotatable bonds is 2. The van der Waals surface area contributed by atoms with E-state index in [2.05, 4.69) is 10.1 Å². The number of nitrogens with one attached hydrogen (secondary N) is 1. The van der Waals surface area contributed by atoms with Crippen LogP contribution in [0.4, 0.5) is 23.7 Å². The summed E-state index contributed by atoms with van der Waals surface area (Å²) in [5.74, 6) is -0.710. The number of carbonyl (C=O) groups is 2. The summed E-state index contributed by atoms with van der Waals surface area (Å²) in [5, 5.41) is 11.2. The number of urea groups is 1. The van der Waals surface area contributed by atoms with Gasteiger partial charge in [0.2, 0.25) is 0 Å². The topological polar surface area (TPSA) is 82.4 Å². The van der Waals surface area contributed by atoms with E-state index in [0.29, 0.717) is 6.07 Å². The van der Waals surface area contributed by atoms with Gasteiger partial charge in [-0.05, 0) is 25.1 Å². The summed E-state index contributed by atoms with van der Waals surface area (Å²) >= 11 is 0. The predicted octanol–water partition coefficient (Wildman–Crippen LogP) is 2.04. The number of nitriles is 1. The Morgan fingerprint density at radius 1 is 1.48 bits per heavy atom. The number of amides is 2. The van der Waals surface area contributed by atoms with E-state index in [1.165, 1.54) is 19.1 Å². The van der Waals surface area contributed by atoms with E-state index in [0.717, 1.165) is 18.1 Å². The normalized spacial score (nSPS) is 20.9. The average Bonchev–Trinajstić information content (AvgIpc) is 2.81. The molecule has 1 aliphatic heterocycles. The van der Waals surface area contributed by atoms with E-state index >= 15 is 0 Å². The Morgan fingerprint density at radius 3 is 2.65 bits per heavy atom. The maximum absolute atomic E-state index is 13.0. The summed E-state index contributed by atoms with van der Waals surface area (Å²) in [6.07, 6.45) is -4.73. The number of hydrogen-bond donors (Lipinski definition) is 1. The predicted molar refractivity (Wildman–Crippen MR) is 72.5 cm³/mol. The molecule has 2 amide bonds. The van der Waals surface area contributed by atoms with E-state index in [1.54, 1.807) is 0 Å². The molecule has 6 nitrogen and oxygen atoms in total. The highest BCUT2D eigenvalue weighted by atomic mass is 19.4. The molecule has 23 heavy (non-hydrogen) atoms. The lowest BCUT2D eigenvalue weighted by Crippen LogP contribution is -2.48. The smallest absolute Gasteiger partial charge is 0.417 e. The van der Waals surface area contributed by atoms with Crippen molar-refractivity contribution >= 4 is 17.7 Å². The fraction of sp³-hybridized carbons (Fsp3) is 0.357. The highest BCUT2D eigenvalue weighted by Crippen LogP contribution is 2.35. The summed E-state index contributed by atoms with van der Waals surface area (Å²) in [7, 11) is 1.14. The Labute approximate surface area is 129 Å². The molecular formula is C14H12F3N3O3. The Hall–Kier alpha value is -2.76. The van der Waals surface area contributed by atoms with E-state index in [4.69, 9.17) is 5.26 Å². The Bertz CT molecular complexity index is 711. The van der Waals surface area contributed by atoms with Crippen molar-refractivity contribution in [2.24, 2.45) is 0 Å². The quantitative estimate of drug-likeness (QED) is 0.843. The Morgan fingerprint density at radius 2 is 2.13 bits per heavy atom. The Kier molecular flexibility index (Phi) is 3.94. The standard InChI is InChI=1S/C14H12F3N3O3/c1-13(11(21)23-2)7-20(12(22)19-13)9-4-3-8(6-18)10(5-9)14(15,16)17/h3-5H,7H2,1-2H3,(H,19,22). The van der Waals surface area contributed by atoms with Crippen LogP contribution in [0.25, 0.3) is 0 Å². The number of esters is 1. The largest absolute Gasteiger partial charge is 0.467 e. The lowest BCUT2D eigenvalue weighted by molar-refractivity contribution is -0.146.